The summed E-state index contributed by atoms with van der Waals surface area (Å²) in [4.78, 5) is 10.7. The number of likely N-dealkylation sites (N-methyl/N-ethyl adjacent to an activating group) is 1. The minimum atomic E-state index is -0.250. The Morgan fingerprint density at radius 3 is 1.97 bits per heavy atom. The van der Waals surface area contributed by atoms with Crippen molar-refractivity contribution in [2.45, 2.75) is 20.3 Å². The zero-order valence-corrected chi connectivity index (χ0v) is 19.2. The number of benzene rings is 4. The van der Waals surface area contributed by atoms with E-state index in [1.165, 1.54) is 10.8 Å². The van der Waals surface area contributed by atoms with Crippen LogP contribution in [0.4, 0.5) is 0 Å². The van der Waals surface area contributed by atoms with Gasteiger partial charge in [0.05, 0.1) is 0 Å². The minimum absolute atomic E-state index is 0.250. The zero-order chi connectivity index (χ0) is 23.6. The van der Waals surface area contributed by atoms with Gasteiger partial charge in [-0.25, -0.2) is 0 Å². The molecule has 0 saturated carbocycles. The number of rotatable bonds is 8. The Kier molecular flexibility index (Phi) is 8.67. The average Bonchev–Trinajstić information content (AvgIpc) is 2.85. The maximum absolute atomic E-state index is 10.7. The molecule has 172 valence electrons. The quantitative estimate of drug-likeness (QED) is 0.340. The van der Waals surface area contributed by atoms with Crippen LogP contribution in [-0.4, -0.2) is 47.8 Å². The molecule has 4 aromatic carbocycles. The molecule has 0 unspecified atom stereocenters. The Morgan fingerprint density at radius 2 is 1.36 bits per heavy atom. The first-order valence-electron chi connectivity index (χ1n) is 11.3. The Hall–Kier alpha value is -3.57. The number of phenolic OH excluding ortho intramolecular Hbond substituents is 1. The summed E-state index contributed by atoms with van der Waals surface area (Å²) in [5.41, 5.74) is 2.07. The molecule has 5 nitrogen and oxygen atoms in total. The fourth-order valence-corrected chi connectivity index (χ4v) is 4.15. The molecule has 0 aliphatic heterocycles. The van der Waals surface area contributed by atoms with Crippen molar-refractivity contribution < 1.29 is 19.7 Å². The summed E-state index contributed by atoms with van der Waals surface area (Å²) in [6.45, 7) is 7.69. The molecule has 33 heavy (non-hydrogen) atoms. The average molecular weight is 446 g/mol. The van der Waals surface area contributed by atoms with Crippen molar-refractivity contribution in [2.75, 3.05) is 26.2 Å². The van der Waals surface area contributed by atoms with E-state index in [9.17, 15) is 5.11 Å². The second-order valence-corrected chi connectivity index (χ2v) is 7.71. The lowest BCUT2D eigenvalue weighted by Gasteiger charge is -2.20. The molecule has 0 radical (unpaired) electrons. The molecular formula is C28H31NO4. The van der Waals surface area contributed by atoms with Gasteiger partial charge in [-0.1, -0.05) is 74.5 Å². The van der Waals surface area contributed by atoms with Crippen LogP contribution in [-0.2, 0) is 11.2 Å². The van der Waals surface area contributed by atoms with Gasteiger partial charge >= 0.3 is 0 Å². The van der Waals surface area contributed by atoms with Crippen molar-refractivity contribution in [2.24, 2.45) is 0 Å². The van der Waals surface area contributed by atoms with E-state index < -0.39 is 0 Å². The molecule has 0 amide bonds. The van der Waals surface area contributed by atoms with Gasteiger partial charge in [0, 0.05) is 24.1 Å². The molecule has 0 bridgehead atoms. The highest BCUT2D eigenvalue weighted by Crippen LogP contribution is 2.35. The van der Waals surface area contributed by atoms with Gasteiger partial charge in [-0.15, -0.1) is 0 Å². The third kappa shape index (κ3) is 5.82. The van der Waals surface area contributed by atoms with Gasteiger partial charge in [0.15, 0.2) is 0 Å². The third-order valence-corrected chi connectivity index (χ3v) is 5.93. The highest BCUT2D eigenvalue weighted by molar-refractivity contribution is 5.91. The van der Waals surface area contributed by atoms with E-state index in [1.807, 2.05) is 18.2 Å². The first-order chi connectivity index (χ1) is 16.1. The SMILES string of the molecule is CCN(CC)CCOc1ccc2ccccc2c1Cc1c(O)ccc2ccccc12.O=CO. The number of phenols is 1. The van der Waals surface area contributed by atoms with E-state index in [1.54, 1.807) is 6.07 Å². The van der Waals surface area contributed by atoms with E-state index in [2.05, 4.69) is 67.3 Å². The summed E-state index contributed by atoms with van der Waals surface area (Å²) in [6.07, 6.45) is 0.620. The number of hydrogen-bond donors (Lipinski definition) is 2. The highest BCUT2D eigenvalue weighted by atomic mass is 16.5. The van der Waals surface area contributed by atoms with Crippen LogP contribution in [0.1, 0.15) is 25.0 Å². The van der Waals surface area contributed by atoms with Gasteiger partial charge in [-0.05, 0) is 46.8 Å². The Labute approximate surface area is 194 Å². The lowest BCUT2D eigenvalue weighted by molar-refractivity contribution is -0.122. The van der Waals surface area contributed by atoms with E-state index in [-0.39, 0.29) is 6.47 Å². The topological polar surface area (TPSA) is 70.0 Å². The molecular weight excluding hydrogens is 414 g/mol. The zero-order valence-electron chi connectivity index (χ0n) is 19.2. The second-order valence-electron chi connectivity index (χ2n) is 7.71. The lowest BCUT2D eigenvalue weighted by atomic mass is 9.93. The van der Waals surface area contributed by atoms with Crippen LogP contribution in [0, 0.1) is 0 Å². The first kappa shape index (κ1) is 24.1. The number of nitrogens with zero attached hydrogens (tertiary/aromatic N) is 1. The van der Waals surface area contributed by atoms with E-state index >= 15 is 0 Å². The molecule has 0 saturated heterocycles. The number of hydrogen-bond acceptors (Lipinski definition) is 4. The largest absolute Gasteiger partial charge is 0.508 e. The van der Waals surface area contributed by atoms with Crippen molar-refractivity contribution in [3.63, 3.8) is 0 Å². The molecule has 5 heteroatoms. The van der Waals surface area contributed by atoms with Gasteiger partial charge in [-0.2, -0.15) is 0 Å². The smallest absolute Gasteiger partial charge is 0.290 e. The summed E-state index contributed by atoms with van der Waals surface area (Å²) < 4.78 is 6.28. The number of carboxylic acid groups (broad SMARTS) is 1. The van der Waals surface area contributed by atoms with E-state index in [0.29, 0.717) is 18.8 Å². The third-order valence-electron chi connectivity index (χ3n) is 5.93. The lowest BCUT2D eigenvalue weighted by Crippen LogP contribution is -2.28. The normalized spacial score (nSPS) is 10.8. The Balaban J connectivity index is 0.000000968. The summed E-state index contributed by atoms with van der Waals surface area (Å²) in [5.74, 6) is 1.23. The summed E-state index contributed by atoms with van der Waals surface area (Å²) in [6, 6.07) is 24.6. The van der Waals surface area contributed by atoms with Crippen LogP contribution in [0.25, 0.3) is 21.5 Å². The van der Waals surface area contributed by atoms with E-state index in [0.717, 1.165) is 47.3 Å². The molecule has 0 spiro atoms. The molecule has 0 fully saturated rings. The molecule has 4 aromatic rings. The predicted molar refractivity (Wildman–Crippen MR) is 134 cm³/mol. The summed E-state index contributed by atoms with van der Waals surface area (Å²) >= 11 is 0. The number of carbonyl (C=O) groups is 1. The monoisotopic (exact) mass is 445 g/mol. The number of aromatic hydroxyl groups is 1. The summed E-state index contributed by atoms with van der Waals surface area (Å²) in [7, 11) is 0. The standard InChI is InChI=1S/C27H29NO2.CH2O2/c1-3-28(4-2)17-18-30-27-16-14-21-10-6-8-12-23(21)25(27)19-24-22-11-7-5-9-20(22)13-15-26(24)29;2-1-3/h5-16,29H,3-4,17-19H2,1-2H3;1H,(H,2,3). The van der Waals surface area contributed by atoms with Crippen molar-refractivity contribution in [1.82, 2.24) is 4.90 Å². The van der Waals surface area contributed by atoms with Crippen LogP contribution >= 0.6 is 0 Å². The van der Waals surface area contributed by atoms with E-state index in [4.69, 9.17) is 14.6 Å². The van der Waals surface area contributed by atoms with Gasteiger partial charge in [0.2, 0.25) is 0 Å². The number of ether oxygens (including phenoxy) is 1. The predicted octanol–water partition coefficient (Wildman–Crippen LogP) is 5.71. The number of fused-ring (bicyclic) bond motifs is 2. The van der Waals surface area contributed by atoms with Crippen LogP contribution in [0.15, 0.2) is 72.8 Å². The van der Waals surface area contributed by atoms with Crippen LogP contribution in [0.2, 0.25) is 0 Å². The molecule has 0 aliphatic rings. The fourth-order valence-electron chi connectivity index (χ4n) is 4.15. The highest BCUT2D eigenvalue weighted by Gasteiger charge is 2.15. The van der Waals surface area contributed by atoms with Crippen molar-refractivity contribution in [3.05, 3.63) is 83.9 Å². The minimum Gasteiger partial charge on any atom is -0.508 e. The fraction of sp³-hybridized carbons (Fsp3) is 0.250. The second kappa shape index (κ2) is 11.9. The molecule has 0 atom stereocenters. The maximum Gasteiger partial charge on any atom is 0.290 e. The van der Waals surface area contributed by atoms with Crippen LogP contribution < -0.4 is 4.74 Å². The van der Waals surface area contributed by atoms with Crippen molar-refractivity contribution in [3.8, 4) is 11.5 Å². The van der Waals surface area contributed by atoms with Crippen LogP contribution in [0.3, 0.4) is 0 Å². The van der Waals surface area contributed by atoms with Gasteiger partial charge in [0.1, 0.15) is 18.1 Å². The van der Waals surface area contributed by atoms with Gasteiger partial charge in [-0.3, -0.25) is 4.79 Å². The van der Waals surface area contributed by atoms with Gasteiger partial charge < -0.3 is 19.8 Å². The maximum atomic E-state index is 10.7. The van der Waals surface area contributed by atoms with Gasteiger partial charge in [0.25, 0.3) is 6.47 Å². The Morgan fingerprint density at radius 1 is 0.818 bits per heavy atom. The first-order valence-corrected chi connectivity index (χ1v) is 11.3. The Bertz CT molecular complexity index is 1200. The molecule has 0 aromatic heterocycles. The molecule has 0 aliphatic carbocycles. The summed E-state index contributed by atoms with van der Waals surface area (Å²) in [5, 5.41) is 22.2. The van der Waals surface area contributed by atoms with Crippen LogP contribution in [0.5, 0.6) is 11.5 Å². The van der Waals surface area contributed by atoms with Crippen molar-refractivity contribution >= 4 is 28.0 Å². The van der Waals surface area contributed by atoms with Crippen molar-refractivity contribution in [1.29, 1.82) is 0 Å². The molecule has 0 heterocycles. The molecule has 4 rings (SSSR count). The molecule has 2 N–H and O–H groups in total.